The van der Waals surface area contributed by atoms with Gasteiger partial charge in [-0.05, 0) is 51.3 Å². The molecular weight excluding hydrogens is 448 g/mol. The first-order valence-electron chi connectivity index (χ1n) is 11.2. The Balaban J connectivity index is 1.52. The Morgan fingerprint density at radius 3 is 2.74 bits per heavy atom. The number of rotatable bonds is 6. The van der Waals surface area contributed by atoms with Gasteiger partial charge in [0.15, 0.2) is 11.5 Å². The molecule has 0 atom stereocenters. The molecule has 0 radical (unpaired) electrons. The number of carbonyl (C=O) groups is 2. The third kappa shape index (κ3) is 5.46. The zero-order valence-electron chi connectivity index (χ0n) is 20.1. The minimum atomic E-state index is -0.640. The number of hydrogen-bond acceptors (Lipinski definition) is 8. The second-order valence-corrected chi connectivity index (χ2v) is 9.27. The summed E-state index contributed by atoms with van der Waals surface area (Å²) < 4.78 is 12.3. The third-order valence-corrected chi connectivity index (χ3v) is 5.58. The van der Waals surface area contributed by atoms with E-state index in [9.17, 15) is 9.59 Å². The molecule has 1 aliphatic rings. The Morgan fingerprint density at radius 2 is 2.06 bits per heavy atom. The van der Waals surface area contributed by atoms with Crippen LogP contribution >= 0.6 is 0 Å². The summed E-state index contributed by atoms with van der Waals surface area (Å²) in [4.78, 5) is 34.7. The van der Waals surface area contributed by atoms with Gasteiger partial charge in [-0.3, -0.25) is 0 Å². The zero-order chi connectivity index (χ0) is 25.2. The molecule has 0 bridgehead atoms. The lowest BCUT2D eigenvalue weighted by Gasteiger charge is -2.27. The van der Waals surface area contributed by atoms with Crippen molar-refractivity contribution in [1.82, 2.24) is 24.6 Å². The van der Waals surface area contributed by atoms with E-state index < -0.39 is 11.7 Å². The lowest BCUT2D eigenvalue weighted by atomic mass is 9.96. The minimum Gasteiger partial charge on any atom is -0.457 e. The average Bonchev–Trinajstić information content (AvgIpc) is 3.44. The topological polar surface area (TPSA) is 123 Å². The van der Waals surface area contributed by atoms with Gasteiger partial charge in [-0.1, -0.05) is 6.07 Å². The summed E-state index contributed by atoms with van der Waals surface area (Å²) in [6.45, 7) is 8.41. The fourth-order valence-electron chi connectivity index (χ4n) is 3.77. The first-order valence-corrected chi connectivity index (χ1v) is 11.2. The predicted octanol–water partition coefficient (Wildman–Crippen LogP) is 3.49. The summed E-state index contributed by atoms with van der Waals surface area (Å²) in [6.07, 6.45) is 6.41. The van der Waals surface area contributed by atoms with Crippen LogP contribution in [0.4, 0.5) is 4.79 Å². The normalized spacial score (nSPS) is 12.6. The molecule has 10 heteroatoms. The lowest BCUT2D eigenvalue weighted by molar-refractivity contribution is 0.0235. The Hall–Kier alpha value is -4.26. The van der Waals surface area contributed by atoms with Crippen molar-refractivity contribution in [2.75, 3.05) is 6.54 Å². The highest BCUT2D eigenvalue weighted by atomic mass is 16.6. The molecule has 35 heavy (non-hydrogen) atoms. The zero-order valence-corrected chi connectivity index (χ0v) is 20.1. The van der Waals surface area contributed by atoms with Crippen LogP contribution in [0.3, 0.4) is 0 Å². The van der Waals surface area contributed by atoms with Crippen LogP contribution in [0.25, 0.3) is 5.82 Å². The molecule has 0 unspecified atom stereocenters. The first-order chi connectivity index (χ1) is 16.6. The molecule has 1 aromatic carbocycles. The van der Waals surface area contributed by atoms with Crippen molar-refractivity contribution in [3.8, 4) is 11.9 Å². The summed E-state index contributed by atoms with van der Waals surface area (Å²) in [6, 6.07) is 5.63. The standard InChI is InChI=1S/C25H26N6O4/c1-16-18(5-6-20-21(16)15-34-23(20)32)7-8-30(24(33)35-25(2,3)4)13-17-10-29-31(14-17)22-12-27-19(9-26)11-28-22/h5-6,10-12,14H,7-8,13,15H2,1-4H3. The molecule has 0 saturated carbocycles. The number of aromatic nitrogens is 4. The minimum absolute atomic E-state index is 0.218. The summed E-state index contributed by atoms with van der Waals surface area (Å²) in [7, 11) is 0. The van der Waals surface area contributed by atoms with Crippen LogP contribution in [0.5, 0.6) is 0 Å². The summed E-state index contributed by atoms with van der Waals surface area (Å²) in [5.74, 6) is 0.165. The second kappa shape index (κ2) is 9.54. The van der Waals surface area contributed by atoms with Crippen molar-refractivity contribution in [3.63, 3.8) is 0 Å². The van der Waals surface area contributed by atoms with Gasteiger partial charge in [0.1, 0.15) is 18.3 Å². The number of nitriles is 1. The van der Waals surface area contributed by atoms with E-state index in [4.69, 9.17) is 14.7 Å². The number of benzene rings is 1. The Kier molecular flexibility index (Phi) is 6.51. The van der Waals surface area contributed by atoms with Crippen LogP contribution in [0.1, 0.15) is 59.1 Å². The van der Waals surface area contributed by atoms with Gasteiger partial charge in [0, 0.05) is 23.9 Å². The van der Waals surface area contributed by atoms with Gasteiger partial charge in [0.05, 0.1) is 30.7 Å². The number of ether oxygens (including phenoxy) is 2. The largest absolute Gasteiger partial charge is 0.457 e. The quantitative estimate of drug-likeness (QED) is 0.498. The van der Waals surface area contributed by atoms with Gasteiger partial charge in [-0.25, -0.2) is 24.2 Å². The molecule has 0 fully saturated rings. The van der Waals surface area contributed by atoms with E-state index in [0.29, 0.717) is 24.3 Å². The monoisotopic (exact) mass is 474 g/mol. The van der Waals surface area contributed by atoms with Gasteiger partial charge in [-0.2, -0.15) is 10.4 Å². The fraction of sp³-hybridized carbons (Fsp3) is 0.360. The maximum Gasteiger partial charge on any atom is 0.410 e. The van der Waals surface area contributed by atoms with Crippen LogP contribution in [-0.2, 0) is 29.0 Å². The number of esters is 1. The maximum absolute atomic E-state index is 13.0. The summed E-state index contributed by atoms with van der Waals surface area (Å²) >= 11 is 0. The van der Waals surface area contributed by atoms with Gasteiger partial charge < -0.3 is 14.4 Å². The molecule has 1 amide bonds. The molecule has 0 saturated heterocycles. The highest BCUT2D eigenvalue weighted by Gasteiger charge is 2.26. The van der Waals surface area contributed by atoms with Gasteiger partial charge in [0.25, 0.3) is 0 Å². The molecule has 1 aliphatic heterocycles. The van der Waals surface area contributed by atoms with E-state index in [0.717, 1.165) is 22.3 Å². The molecule has 4 rings (SSSR count). The Bertz CT molecular complexity index is 1300. The third-order valence-electron chi connectivity index (χ3n) is 5.58. The second-order valence-electron chi connectivity index (χ2n) is 9.27. The van der Waals surface area contributed by atoms with Gasteiger partial charge >= 0.3 is 12.1 Å². The lowest BCUT2D eigenvalue weighted by Crippen LogP contribution is -2.37. The number of nitrogens with zero attached hydrogens (tertiary/aromatic N) is 6. The number of amides is 1. The number of carbonyl (C=O) groups excluding carboxylic acids is 2. The summed E-state index contributed by atoms with van der Waals surface area (Å²) in [5.41, 5.74) is 3.92. The van der Waals surface area contributed by atoms with Gasteiger partial charge in [0.2, 0.25) is 0 Å². The molecule has 0 aliphatic carbocycles. The molecule has 180 valence electrons. The highest BCUT2D eigenvalue weighted by molar-refractivity contribution is 5.93. The van der Waals surface area contributed by atoms with Crippen molar-refractivity contribution in [2.24, 2.45) is 0 Å². The average molecular weight is 475 g/mol. The van der Waals surface area contributed by atoms with Crippen LogP contribution in [0.2, 0.25) is 0 Å². The van der Waals surface area contributed by atoms with Crippen LogP contribution < -0.4 is 0 Å². The van der Waals surface area contributed by atoms with E-state index in [-0.39, 0.29) is 24.8 Å². The first kappa shape index (κ1) is 23.9. The maximum atomic E-state index is 13.0. The predicted molar refractivity (Wildman–Crippen MR) is 125 cm³/mol. The van der Waals surface area contributed by atoms with E-state index in [1.807, 2.05) is 39.8 Å². The SMILES string of the molecule is Cc1c(CCN(Cc2cnn(-c3cnc(C#N)cn3)c2)C(=O)OC(C)(C)C)ccc2c1COC2=O. The summed E-state index contributed by atoms with van der Waals surface area (Å²) in [5, 5.41) is 13.2. The van der Waals surface area contributed by atoms with E-state index in [1.54, 1.807) is 28.0 Å². The van der Waals surface area contributed by atoms with E-state index in [1.165, 1.54) is 12.4 Å². The van der Waals surface area contributed by atoms with Crippen LogP contribution in [0.15, 0.2) is 36.9 Å². The molecule has 3 heterocycles. The van der Waals surface area contributed by atoms with E-state index in [2.05, 4.69) is 15.1 Å². The highest BCUT2D eigenvalue weighted by Crippen LogP contribution is 2.26. The molecule has 3 aromatic rings. The van der Waals surface area contributed by atoms with Crippen LogP contribution in [0, 0.1) is 18.3 Å². The molecular formula is C25H26N6O4. The number of fused-ring (bicyclic) bond motifs is 1. The Morgan fingerprint density at radius 1 is 1.26 bits per heavy atom. The van der Waals surface area contributed by atoms with Crippen molar-refractivity contribution in [1.29, 1.82) is 5.26 Å². The van der Waals surface area contributed by atoms with Crippen molar-refractivity contribution in [2.45, 2.75) is 52.9 Å². The van der Waals surface area contributed by atoms with Crippen molar-refractivity contribution < 1.29 is 19.1 Å². The molecule has 2 aromatic heterocycles. The fourth-order valence-corrected chi connectivity index (χ4v) is 3.77. The molecule has 0 spiro atoms. The van der Waals surface area contributed by atoms with Crippen molar-refractivity contribution in [3.05, 3.63) is 70.4 Å². The van der Waals surface area contributed by atoms with E-state index >= 15 is 0 Å². The number of hydrogen-bond donors (Lipinski definition) is 0. The Labute approximate surface area is 203 Å². The number of cyclic esters (lactones) is 1. The van der Waals surface area contributed by atoms with Crippen molar-refractivity contribution >= 4 is 12.1 Å². The molecule has 10 nitrogen and oxygen atoms in total. The van der Waals surface area contributed by atoms with Crippen LogP contribution in [-0.4, -0.2) is 48.9 Å². The molecule has 0 N–H and O–H groups in total. The van der Waals surface area contributed by atoms with Gasteiger partial charge in [-0.15, -0.1) is 0 Å². The smallest absolute Gasteiger partial charge is 0.410 e.